The van der Waals surface area contributed by atoms with Crippen LogP contribution in [0.4, 0.5) is 13.2 Å². The van der Waals surface area contributed by atoms with Crippen LogP contribution >= 0.6 is 0 Å². The summed E-state index contributed by atoms with van der Waals surface area (Å²) < 4.78 is 39.7. The fourth-order valence-electron chi connectivity index (χ4n) is 0.955. The zero-order valence-electron chi connectivity index (χ0n) is 7.78. The molecule has 88 valence electrons. The Morgan fingerprint density at radius 3 is 2.44 bits per heavy atom. The third kappa shape index (κ3) is 3.68. The van der Waals surface area contributed by atoms with E-state index in [1.54, 1.807) is 0 Å². The summed E-state index contributed by atoms with van der Waals surface area (Å²) in [5.74, 6) is -2.19. The van der Waals surface area contributed by atoms with Crippen molar-refractivity contribution in [3.8, 4) is 11.5 Å². The minimum atomic E-state index is -4.52. The average molecular weight is 236 g/mol. The summed E-state index contributed by atoms with van der Waals surface area (Å²) in [5, 5.41) is 17.6. The first-order valence-electron chi connectivity index (χ1n) is 4.05. The molecule has 0 unspecified atom stereocenters. The van der Waals surface area contributed by atoms with Crippen molar-refractivity contribution in [1.82, 2.24) is 0 Å². The molecule has 1 aromatic carbocycles. The summed E-state index contributed by atoms with van der Waals surface area (Å²) in [6.07, 6.45) is -4.52. The predicted octanol–water partition coefficient (Wildman–Crippen LogP) is 2.03. The van der Waals surface area contributed by atoms with E-state index >= 15 is 0 Å². The number of phenolic OH excluding ortho intramolecular Hbond substituents is 1. The van der Waals surface area contributed by atoms with Crippen LogP contribution in [0.25, 0.3) is 0 Å². The molecule has 1 aromatic rings. The summed E-state index contributed by atoms with van der Waals surface area (Å²) >= 11 is 0. The molecule has 0 heterocycles. The number of aromatic carboxylic acids is 1. The number of carboxylic acids is 1. The highest BCUT2D eigenvalue weighted by molar-refractivity contribution is 5.88. The number of hydrogen-bond acceptors (Lipinski definition) is 3. The highest BCUT2D eigenvalue weighted by Gasteiger charge is 2.28. The smallest absolute Gasteiger partial charge is 0.422 e. The van der Waals surface area contributed by atoms with E-state index in [4.69, 9.17) is 10.2 Å². The van der Waals surface area contributed by atoms with Crippen LogP contribution in [-0.2, 0) is 0 Å². The Hall–Kier alpha value is -1.92. The highest BCUT2D eigenvalue weighted by atomic mass is 19.4. The van der Waals surface area contributed by atoms with Gasteiger partial charge in [-0.15, -0.1) is 0 Å². The second-order valence-corrected chi connectivity index (χ2v) is 2.92. The first-order chi connectivity index (χ1) is 7.28. The van der Waals surface area contributed by atoms with Gasteiger partial charge in [-0.05, 0) is 12.1 Å². The predicted molar refractivity (Wildman–Crippen MR) is 46.6 cm³/mol. The van der Waals surface area contributed by atoms with Gasteiger partial charge in [0.1, 0.15) is 11.5 Å². The number of carbonyl (C=O) groups is 1. The number of benzene rings is 1. The average Bonchev–Trinajstić information content (AvgIpc) is 2.13. The normalized spacial score (nSPS) is 11.2. The van der Waals surface area contributed by atoms with Gasteiger partial charge in [-0.3, -0.25) is 0 Å². The molecule has 0 saturated heterocycles. The standard InChI is InChI=1S/C9H7F3O4/c10-9(11,12)4-16-7-2-5(8(14)15)1-6(13)3-7/h1-3,13H,4H2,(H,14,15). The number of ether oxygens (including phenoxy) is 1. The first-order valence-corrected chi connectivity index (χ1v) is 4.05. The Labute approximate surface area is 87.9 Å². The maximum Gasteiger partial charge on any atom is 0.422 e. The van der Waals surface area contributed by atoms with Crippen molar-refractivity contribution in [1.29, 1.82) is 0 Å². The Kier molecular flexibility index (Phi) is 3.26. The van der Waals surface area contributed by atoms with Crippen molar-refractivity contribution in [2.45, 2.75) is 6.18 Å². The minimum Gasteiger partial charge on any atom is -0.508 e. The Morgan fingerprint density at radius 1 is 1.31 bits per heavy atom. The highest BCUT2D eigenvalue weighted by Crippen LogP contribution is 2.24. The third-order valence-corrected chi connectivity index (χ3v) is 1.54. The largest absolute Gasteiger partial charge is 0.508 e. The molecule has 2 N–H and O–H groups in total. The van der Waals surface area contributed by atoms with E-state index in [9.17, 15) is 18.0 Å². The van der Waals surface area contributed by atoms with Crippen molar-refractivity contribution in [3.05, 3.63) is 23.8 Å². The minimum absolute atomic E-state index is 0.350. The van der Waals surface area contributed by atoms with Gasteiger partial charge in [-0.1, -0.05) is 0 Å². The summed E-state index contributed by atoms with van der Waals surface area (Å²) in [7, 11) is 0. The van der Waals surface area contributed by atoms with Gasteiger partial charge in [0.25, 0.3) is 0 Å². The molecule has 0 fully saturated rings. The van der Waals surface area contributed by atoms with Crippen molar-refractivity contribution >= 4 is 5.97 Å². The lowest BCUT2D eigenvalue weighted by Crippen LogP contribution is -2.19. The SMILES string of the molecule is O=C(O)c1cc(O)cc(OCC(F)(F)F)c1. The summed E-state index contributed by atoms with van der Waals surface area (Å²) in [6.45, 7) is -1.55. The van der Waals surface area contributed by atoms with Gasteiger partial charge in [0.2, 0.25) is 0 Å². The zero-order chi connectivity index (χ0) is 12.3. The van der Waals surface area contributed by atoms with Crippen LogP contribution in [0.2, 0.25) is 0 Å². The molecule has 0 aliphatic carbocycles. The zero-order valence-corrected chi connectivity index (χ0v) is 7.78. The van der Waals surface area contributed by atoms with Crippen LogP contribution in [0, 0.1) is 0 Å². The Bertz CT molecular complexity index is 400. The fourth-order valence-corrected chi connectivity index (χ4v) is 0.955. The van der Waals surface area contributed by atoms with Crippen molar-refractivity contribution in [2.24, 2.45) is 0 Å². The van der Waals surface area contributed by atoms with Crippen LogP contribution in [0.3, 0.4) is 0 Å². The fraction of sp³-hybridized carbons (Fsp3) is 0.222. The van der Waals surface area contributed by atoms with Gasteiger partial charge < -0.3 is 14.9 Å². The van der Waals surface area contributed by atoms with Crippen LogP contribution < -0.4 is 4.74 Å². The van der Waals surface area contributed by atoms with Crippen LogP contribution in [-0.4, -0.2) is 29.0 Å². The lowest BCUT2D eigenvalue weighted by atomic mass is 10.2. The topological polar surface area (TPSA) is 66.8 Å². The van der Waals surface area contributed by atoms with E-state index in [1.165, 1.54) is 0 Å². The van der Waals surface area contributed by atoms with E-state index in [2.05, 4.69) is 4.74 Å². The number of halogens is 3. The van der Waals surface area contributed by atoms with Gasteiger partial charge in [-0.25, -0.2) is 4.79 Å². The van der Waals surface area contributed by atoms with E-state index in [0.29, 0.717) is 0 Å². The van der Waals surface area contributed by atoms with Crippen LogP contribution in [0.1, 0.15) is 10.4 Å². The molecular weight excluding hydrogens is 229 g/mol. The van der Waals surface area contributed by atoms with E-state index in [1.807, 2.05) is 0 Å². The summed E-state index contributed by atoms with van der Waals surface area (Å²) in [5.41, 5.74) is -0.350. The van der Waals surface area contributed by atoms with Gasteiger partial charge in [-0.2, -0.15) is 13.2 Å². The lowest BCUT2D eigenvalue weighted by Gasteiger charge is -2.09. The molecule has 0 radical (unpaired) electrons. The van der Waals surface area contributed by atoms with Gasteiger partial charge in [0.05, 0.1) is 5.56 Å². The van der Waals surface area contributed by atoms with E-state index in [0.717, 1.165) is 18.2 Å². The van der Waals surface area contributed by atoms with E-state index in [-0.39, 0.29) is 11.3 Å². The monoisotopic (exact) mass is 236 g/mol. The Morgan fingerprint density at radius 2 is 1.94 bits per heavy atom. The van der Waals surface area contributed by atoms with Crippen LogP contribution in [0.15, 0.2) is 18.2 Å². The molecule has 7 heteroatoms. The number of aromatic hydroxyl groups is 1. The lowest BCUT2D eigenvalue weighted by molar-refractivity contribution is -0.153. The molecular formula is C9H7F3O4. The molecule has 0 saturated carbocycles. The first kappa shape index (κ1) is 12.2. The van der Waals surface area contributed by atoms with Gasteiger partial charge in [0.15, 0.2) is 6.61 Å². The second kappa shape index (κ2) is 4.30. The number of alkyl halides is 3. The molecule has 0 bridgehead atoms. The summed E-state index contributed by atoms with van der Waals surface area (Å²) in [4.78, 5) is 10.5. The molecule has 4 nitrogen and oxygen atoms in total. The molecule has 0 amide bonds. The van der Waals surface area contributed by atoms with Crippen molar-refractivity contribution in [3.63, 3.8) is 0 Å². The molecule has 1 rings (SSSR count). The van der Waals surface area contributed by atoms with Gasteiger partial charge in [0, 0.05) is 6.07 Å². The van der Waals surface area contributed by atoms with Crippen molar-refractivity contribution in [2.75, 3.05) is 6.61 Å². The third-order valence-electron chi connectivity index (χ3n) is 1.54. The number of carboxylic acid groups (broad SMARTS) is 1. The Balaban J connectivity index is 2.85. The number of hydrogen-bond donors (Lipinski definition) is 2. The van der Waals surface area contributed by atoms with E-state index < -0.39 is 24.5 Å². The van der Waals surface area contributed by atoms with Crippen molar-refractivity contribution < 1.29 is 32.9 Å². The number of rotatable bonds is 3. The quantitative estimate of drug-likeness (QED) is 0.842. The molecule has 0 aromatic heterocycles. The maximum absolute atomic E-state index is 11.8. The number of phenols is 1. The summed E-state index contributed by atoms with van der Waals surface area (Å²) in [6, 6.07) is 2.70. The molecule has 16 heavy (non-hydrogen) atoms. The molecule has 0 spiro atoms. The van der Waals surface area contributed by atoms with Gasteiger partial charge >= 0.3 is 12.1 Å². The maximum atomic E-state index is 11.8. The molecule has 0 atom stereocenters. The van der Waals surface area contributed by atoms with Crippen LogP contribution in [0.5, 0.6) is 11.5 Å². The molecule has 0 aliphatic heterocycles. The molecule has 0 aliphatic rings. The second-order valence-electron chi connectivity index (χ2n) is 2.92.